The number of anilines is 3. The number of fused-ring (bicyclic) bond motifs is 6. The first kappa shape index (κ1) is 36.2. The van der Waals surface area contributed by atoms with E-state index in [2.05, 4.69) is 221 Å². The first-order chi connectivity index (χ1) is 28.1. The molecular weight excluding hydrogens is 721 g/mol. The number of para-hydroxylation sites is 2. The fourth-order valence-electron chi connectivity index (χ4n) is 9.27. The number of hydrogen-bond acceptors (Lipinski definition) is 3. The molecule has 1 heterocycles. The molecule has 1 N–H and O–H groups in total. The summed E-state index contributed by atoms with van der Waals surface area (Å²) in [7, 11) is 0. The van der Waals surface area contributed by atoms with Crippen molar-refractivity contribution < 1.29 is 0 Å². The Bertz CT molecular complexity index is 2920. The molecule has 1 aromatic heterocycles. The molecule has 7 aromatic carbocycles. The average molecular weight is 769 g/mol. The molecular formula is C55H48N2S. The minimum Gasteiger partial charge on any atom is -0.355 e. The van der Waals surface area contributed by atoms with E-state index in [9.17, 15) is 0 Å². The van der Waals surface area contributed by atoms with Crippen molar-refractivity contribution in [2.75, 3.05) is 10.2 Å². The van der Waals surface area contributed by atoms with Crippen LogP contribution < -0.4 is 10.2 Å². The van der Waals surface area contributed by atoms with Gasteiger partial charge in [0.2, 0.25) is 0 Å². The lowest BCUT2D eigenvalue weighted by atomic mass is 9.79. The Labute approximate surface area is 346 Å². The van der Waals surface area contributed by atoms with E-state index >= 15 is 0 Å². The molecule has 0 amide bonds. The minimum absolute atomic E-state index is 0.0767. The van der Waals surface area contributed by atoms with Crippen molar-refractivity contribution in [2.45, 2.75) is 57.9 Å². The maximum absolute atomic E-state index is 3.78. The van der Waals surface area contributed by atoms with E-state index in [0.717, 1.165) is 17.8 Å². The molecule has 0 fully saturated rings. The Hall–Kier alpha value is -6.16. The lowest BCUT2D eigenvalue weighted by molar-refractivity contribution is 0.584. The Morgan fingerprint density at radius 2 is 1.34 bits per heavy atom. The van der Waals surface area contributed by atoms with Crippen molar-refractivity contribution >= 4 is 48.6 Å². The summed E-state index contributed by atoms with van der Waals surface area (Å²) in [6.07, 6.45) is 7.88. The van der Waals surface area contributed by atoms with Crippen LogP contribution in [0.1, 0.15) is 57.7 Å². The standard InChI is InChI=1S/C55H48N2S/c1-54(2,3)37-26-32-45-48(34-37)55(4,5)47-22-15-21-44(53(45)47)42-19-10-13-24-50(42)57(40-31-33-52-46(35-40)43-20-11-14-25-51(43)58-52)39-29-27-38(28-30-39)56-49-23-12-9-18-41(49)36-16-7-6-8-17-36/h6-29,31-35,39,56H,30H2,1-5H3. The van der Waals surface area contributed by atoms with Crippen LogP contribution >= 0.6 is 11.3 Å². The highest BCUT2D eigenvalue weighted by Crippen LogP contribution is 2.54. The molecule has 2 aliphatic carbocycles. The van der Waals surface area contributed by atoms with Crippen molar-refractivity contribution in [1.82, 2.24) is 0 Å². The summed E-state index contributed by atoms with van der Waals surface area (Å²) in [5.41, 5.74) is 16.4. The molecule has 284 valence electrons. The molecule has 0 aliphatic heterocycles. The first-order valence-corrected chi connectivity index (χ1v) is 21.4. The number of nitrogens with one attached hydrogen (secondary N) is 1. The zero-order chi connectivity index (χ0) is 39.6. The van der Waals surface area contributed by atoms with Gasteiger partial charge >= 0.3 is 0 Å². The molecule has 2 nitrogen and oxygen atoms in total. The van der Waals surface area contributed by atoms with Crippen LogP contribution in [0.4, 0.5) is 17.1 Å². The first-order valence-electron chi connectivity index (χ1n) is 20.5. The van der Waals surface area contributed by atoms with E-state index in [1.807, 2.05) is 11.3 Å². The number of thiophene rings is 1. The van der Waals surface area contributed by atoms with Gasteiger partial charge in [0.25, 0.3) is 0 Å². The van der Waals surface area contributed by atoms with Gasteiger partial charge in [-0.05, 0) is 93.3 Å². The van der Waals surface area contributed by atoms with E-state index in [0.29, 0.717) is 0 Å². The molecule has 0 saturated carbocycles. The zero-order valence-electron chi connectivity index (χ0n) is 33.9. The predicted molar refractivity (Wildman–Crippen MR) is 251 cm³/mol. The lowest BCUT2D eigenvalue weighted by Crippen LogP contribution is -2.31. The summed E-state index contributed by atoms with van der Waals surface area (Å²) < 4.78 is 2.64. The number of allylic oxidation sites excluding steroid dienone is 1. The summed E-state index contributed by atoms with van der Waals surface area (Å²) >= 11 is 1.87. The van der Waals surface area contributed by atoms with E-state index < -0.39 is 0 Å². The third kappa shape index (κ3) is 6.17. The molecule has 3 heteroatoms. The van der Waals surface area contributed by atoms with E-state index in [1.54, 1.807) is 0 Å². The lowest BCUT2D eigenvalue weighted by Gasteiger charge is -2.35. The molecule has 1 atom stereocenters. The molecule has 10 rings (SSSR count). The smallest absolute Gasteiger partial charge is 0.0561 e. The Morgan fingerprint density at radius 3 is 2.16 bits per heavy atom. The van der Waals surface area contributed by atoms with Gasteiger partial charge in [-0.15, -0.1) is 11.3 Å². The second-order valence-electron chi connectivity index (χ2n) is 17.4. The van der Waals surface area contributed by atoms with Crippen LogP contribution in [0, 0.1) is 0 Å². The zero-order valence-corrected chi connectivity index (χ0v) is 34.7. The van der Waals surface area contributed by atoms with Gasteiger partial charge in [-0.2, -0.15) is 0 Å². The monoisotopic (exact) mass is 768 g/mol. The molecule has 0 bridgehead atoms. The van der Waals surface area contributed by atoms with Crippen LogP contribution in [0.15, 0.2) is 182 Å². The molecule has 58 heavy (non-hydrogen) atoms. The van der Waals surface area contributed by atoms with Crippen LogP contribution in [-0.2, 0) is 10.8 Å². The van der Waals surface area contributed by atoms with Crippen molar-refractivity contribution in [3.05, 3.63) is 198 Å². The number of benzene rings is 7. The fourth-order valence-corrected chi connectivity index (χ4v) is 10.4. The van der Waals surface area contributed by atoms with Gasteiger partial charge < -0.3 is 10.2 Å². The number of nitrogens with zero attached hydrogens (tertiary/aromatic N) is 1. The molecule has 2 aliphatic rings. The van der Waals surface area contributed by atoms with Crippen molar-refractivity contribution in [2.24, 2.45) is 0 Å². The van der Waals surface area contributed by atoms with Crippen LogP contribution in [0.25, 0.3) is 53.6 Å². The second-order valence-corrected chi connectivity index (χ2v) is 18.5. The summed E-state index contributed by atoms with van der Waals surface area (Å²) in [6, 6.07) is 58.5. The summed E-state index contributed by atoms with van der Waals surface area (Å²) in [5, 5.41) is 6.40. The van der Waals surface area contributed by atoms with Gasteiger partial charge in [-0.1, -0.05) is 168 Å². The van der Waals surface area contributed by atoms with Crippen LogP contribution in [-0.4, -0.2) is 6.04 Å². The third-order valence-electron chi connectivity index (χ3n) is 12.4. The largest absolute Gasteiger partial charge is 0.355 e. The van der Waals surface area contributed by atoms with Gasteiger partial charge in [-0.25, -0.2) is 0 Å². The van der Waals surface area contributed by atoms with Crippen molar-refractivity contribution in [3.63, 3.8) is 0 Å². The normalized spacial score (nSPS) is 15.6. The van der Waals surface area contributed by atoms with Crippen molar-refractivity contribution in [3.8, 4) is 33.4 Å². The summed E-state index contributed by atoms with van der Waals surface area (Å²) in [4.78, 5) is 2.59. The van der Waals surface area contributed by atoms with Gasteiger partial charge in [0.15, 0.2) is 0 Å². The van der Waals surface area contributed by atoms with E-state index in [4.69, 9.17) is 0 Å². The molecule has 0 saturated heterocycles. The topological polar surface area (TPSA) is 15.3 Å². The van der Waals surface area contributed by atoms with E-state index in [1.165, 1.54) is 81.6 Å². The molecule has 1 unspecified atom stereocenters. The second kappa shape index (κ2) is 14.0. The Balaban J connectivity index is 1.09. The Kier molecular flexibility index (Phi) is 8.76. The van der Waals surface area contributed by atoms with Gasteiger partial charge in [-0.3, -0.25) is 0 Å². The summed E-state index contributed by atoms with van der Waals surface area (Å²) in [5.74, 6) is 0. The van der Waals surface area contributed by atoms with Crippen LogP contribution in [0.3, 0.4) is 0 Å². The molecule has 0 radical (unpaired) electrons. The third-order valence-corrected chi connectivity index (χ3v) is 13.5. The highest BCUT2D eigenvalue weighted by molar-refractivity contribution is 7.25. The number of rotatable bonds is 7. The van der Waals surface area contributed by atoms with Gasteiger partial charge in [0, 0.05) is 59.5 Å². The predicted octanol–water partition coefficient (Wildman–Crippen LogP) is 15.5. The van der Waals surface area contributed by atoms with Crippen LogP contribution in [0.5, 0.6) is 0 Å². The fraction of sp³-hybridized carbons (Fsp3) is 0.164. The molecule has 8 aromatic rings. The van der Waals surface area contributed by atoms with Crippen molar-refractivity contribution in [1.29, 1.82) is 0 Å². The quantitative estimate of drug-likeness (QED) is 0.174. The maximum atomic E-state index is 3.78. The number of hydrogen-bond donors (Lipinski definition) is 1. The highest BCUT2D eigenvalue weighted by Gasteiger charge is 2.38. The van der Waals surface area contributed by atoms with Crippen LogP contribution in [0.2, 0.25) is 0 Å². The Morgan fingerprint density at radius 1 is 0.621 bits per heavy atom. The van der Waals surface area contributed by atoms with E-state index in [-0.39, 0.29) is 16.9 Å². The van der Waals surface area contributed by atoms with Gasteiger partial charge in [0.05, 0.1) is 6.04 Å². The molecule has 0 spiro atoms. The SMILES string of the molecule is CC(C)(C)c1ccc2c(c1)C(C)(C)c1cccc(-c3ccccc3N(c3ccc4sc5ccccc5c4c3)C3C=CC(Nc4ccccc4-c4ccccc4)=CC3)c1-2. The minimum atomic E-state index is -0.110. The summed E-state index contributed by atoms with van der Waals surface area (Å²) in [6.45, 7) is 11.7. The average Bonchev–Trinajstić information content (AvgIpc) is 3.73. The van der Waals surface area contributed by atoms with Gasteiger partial charge in [0.1, 0.15) is 0 Å². The highest BCUT2D eigenvalue weighted by atomic mass is 32.1. The maximum Gasteiger partial charge on any atom is 0.0561 e.